The van der Waals surface area contributed by atoms with Crippen LogP contribution in [0, 0.1) is 0 Å². The Bertz CT molecular complexity index is 800. The first-order valence-electron chi connectivity index (χ1n) is 8.57. The van der Waals surface area contributed by atoms with E-state index in [1.54, 1.807) is 6.20 Å². The van der Waals surface area contributed by atoms with Gasteiger partial charge < -0.3 is 5.11 Å². The van der Waals surface area contributed by atoms with E-state index in [2.05, 4.69) is 43.7 Å². The first-order chi connectivity index (χ1) is 12.2. The van der Waals surface area contributed by atoms with E-state index in [4.69, 9.17) is 0 Å². The smallest absolute Gasteiger partial charge is 0.123 e. The Morgan fingerprint density at radius 3 is 2.80 bits per heavy atom. The molecule has 2 aromatic heterocycles. The van der Waals surface area contributed by atoms with Gasteiger partial charge in [0.05, 0.1) is 18.9 Å². The molecule has 1 aliphatic rings. The summed E-state index contributed by atoms with van der Waals surface area (Å²) in [6.45, 7) is 3.06. The average Bonchev–Trinajstić information content (AvgIpc) is 3.29. The summed E-state index contributed by atoms with van der Waals surface area (Å²) in [5.74, 6) is 0. The Labute approximate surface area is 146 Å². The molecule has 1 aliphatic heterocycles. The Morgan fingerprint density at radius 2 is 2.00 bits per heavy atom. The molecule has 2 N–H and O–H groups in total. The summed E-state index contributed by atoms with van der Waals surface area (Å²) < 4.78 is 1.96. The molecule has 3 heterocycles. The van der Waals surface area contributed by atoms with Crippen LogP contribution >= 0.6 is 0 Å². The van der Waals surface area contributed by atoms with E-state index >= 15 is 0 Å². The van der Waals surface area contributed by atoms with Crippen molar-refractivity contribution in [1.29, 1.82) is 0 Å². The largest absolute Gasteiger partial charge is 0.382 e. The van der Waals surface area contributed by atoms with Crippen LogP contribution in [0.3, 0.4) is 0 Å². The number of aromatic amines is 1. The lowest BCUT2D eigenvalue weighted by Gasteiger charge is -2.37. The van der Waals surface area contributed by atoms with Gasteiger partial charge in [0, 0.05) is 24.8 Å². The van der Waals surface area contributed by atoms with Crippen LogP contribution in [0.5, 0.6) is 0 Å². The zero-order valence-electron chi connectivity index (χ0n) is 14.0. The van der Waals surface area contributed by atoms with Crippen LogP contribution < -0.4 is 0 Å². The fourth-order valence-corrected chi connectivity index (χ4v) is 3.50. The van der Waals surface area contributed by atoms with E-state index in [1.165, 1.54) is 5.56 Å². The van der Waals surface area contributed by atoms with Crippen molar-refractivity contribution < 1.29 is 5.11 Å². The molecule has 130 valence electrons. The number of nitrogens with one attached hydrogen (secondary N) is 1. The lowest BCUT2D eigenvalue weighted by atomic mass is 9.90. The maximum Gasteiger partial charge on any atom is 0.123 e. The molecular formula is C18H22N6O. The zero-order chi connectivity index (χ0) is 17.1. The minimum atomic E-state index is -0.925. The van der Waals surface area contributed by atoms with Crippen molar-refractivity contribution in [2.45, 2.75) is 31.5 Å². The molecule has 4 rings (SSSR count). The Hall–Kier alpha value is -2.51. The van der Waals surface area contributed by atoms with Gasteiger partial charge in [-0.05, 0) is 24.9 Å². The Balaban J connectivity index is 1.40. The van der Waals surface area contributed by atoms with E-state index in [0.29, 0.717) is 18.7 Å². The molecule has 25 heavy (non-hydrogen) atoms. The van der Waals surface area contributed by atoms with Gasteiger partial charge in [0.15, 0.2) is 0 Å². The maximum atomic E-state index is 10.9. The van der Waals surface area contributed by atoms with Crippen molar-refractivity contribution in [2.75, 3.05) is 13.1 Å². The molecule has 0 saturated carbocycles. The molecule has 0 radical (unpaired) electrons. The number of likely N-dealkylation sites (tertiary alicyclic amines) is 1. The zero-order valence-corrected chi connectivity index (χ0v) is 14.0. The average molecular weight is 338 g/mol. The summed E-state index contributed by atoms with van der Waals surface area (Å²) in [5.41, 5.74) is 2.08. The highest BCUT2D eigenvalue weighted by atomic mass is 16.3. The van der Waals surface area contributed by atoms with Gasteiger partial charge in [-0.15, -0.1) is 0 Å². The molecule has 7 nitrogen and oxygen atoms in total. The Morgan fingerprint density at radius 1 is 1.12 bits per heavy atom. The number of H-pyrrole nitrogens is 1. The van der Waals surface area contributed by atoms with Crippen LogP contribution in [0.25, 0.3) is 0 Å². The molecule has 1 fully saturated rings. The van der Waals surface area contributed by atoms with E-state index in [0.717, 1.165) is 31.6 Å². The monoisotopic (exact) mass is 338 g/mol. The van der Waals surface area contributed by atoms with Crippen molar-refractivity contribution >= 4 is 0 Å². The third-order valence-electron chi connectivity index (χ3n) is 4.72. The molecule has 0 spiro atoms. The van der Waals surface area contributed by atoms with E-state index in [-0.39, 0.29) is 0 Å². The van der Waals surface area contributed by atoms with Crippen molar-refractivity contribution in [1.82, 2.24) is 30.1 Å². The normalized spacial score (nSPS) is 21.5. The second-order valence-electron chi connectivity index (χ2n) is 6.73. The number of hydrogen-bond acceptors (Lipinski definition) is 5. The number of aliphatic hydroxyl groups is 1. The third-order valence-corrected chi connectivity index (χ3v) is 4.72. The van der Waals surface area contributed by atoms with Crippen LogP contribution in [0.1, 0.15) is 29.7 Å². The van der Waals surface area contributed by atoms with Crippen LogP contribution in [0.2, 0.25) is 0 Å². The van der Waals surface area contributed by atoms with Gasteiger partial charge in [0.2, 0.25) is 0 Å². The highest BCUT2D eigenvalue weighted by Gasteiger charge is 2.37. The minimum absolute atomic E-state index is 0.559. The lowest BCUT2D eigenvalue weighted by Crippen LogP contribution is -2.45. The molecule has 1 aromatic carbocycles. The SMILES string of the molecule is O[C@]1(c2cn[nH]n2)CCCN(Cc2cnn(Cc3ccccc3)c2)C1. The van der Waals surface area contributed by atoms with Gasteiger partial charge in [-0.1, -0.05) is 30.3 Å². The van der Waals surface area contributed by atoms with Crippen molar-refractivity contribution in [3.05, 3.63) is 65.7 Å². The molecule has 0 amide bonds. The predicted molar refractivity (Wildman–Crippen MR) is 92.6 cm³/mol. The fraction of sp³-hybridized carbons (Fsp3) is 0.389. The highest BCUT2D eigenvalue weighted by Crippen LogP contribution is 2.30. The van der Waals surface area contributed by atoms with Crippen LogP contribution in [-0.4, -0.2) is 48.3 Å². The van der Waals surface area contributed by atoms with Gasteiger partial charge >= 0.3 is 0 Å². The standard InChI is InChI=1S/C18H22N6O/c25-18(17-10-19-22-21-17)7-4-8-23(14-18)11-16-9-20-24(13-16)12-15-5-2-1-3-6-15/h1-3,5-6,9-10,13,25H,4,7-8,11-12,14H2,(H,19,21,22)/t18-/m1/s1. The summed E-state index contributed by atoms with van der Waals surface area (Å²) in [7, 11) is 0. The first kappa shape index (κ1) is 16.0. The molecule has 0 aliphatic carbocycles. The molecule has 0 unspecified atom stereocenters. The molecular weight excluding hydrogens is 316 g/mol. The van der Waals surface area contributed by atoms with Gasteiger partial charge in [0.25, 0.3) is 0 Å². The number of piperidine rings is 1. The number of aromatic nitrogens is 5. The highest BCUT2D eigenvalue weighted by molar-refractivity contribution is 5.16. The number of benzene rings is 1. The van der Waals surface area contributed by atoms with Crippen LogP contribution in [0.15, 0.2) is 48.9 Å². The topological polar surface area (TPSA) is 82.9 Å². The summed E-state index contributed by atoms with van der Waals surface area (Å²) in [6, 6.07) is 10.3. The second-order valence-corrected chi connectivity index (χ2v) is 6.73. The molecule has 1 saturated heterocycles. The summed E-state index contributed by atoms with van der Waals surface area (Å²) in [5, 5.41) is 25.9. The fourth-order valence-electron chi connectivity index (χ4n) is 3.50. The molecule has 0 bridgehead atoms. The van der Waals surface area contributed by atoms with Gasteiger partial charge in [-0.2, -0.15) is 20.5 Å². The summed E-state index contributed by atoms with van der Waals surface area (Å²) >= 11 is 0. The van der Waals surface area contributed by atoms with E-state index in [1.807, 2.05) is 29.1 Å². The summed E-state index contributed by atoms with van der Waals surface area (Å²) in [6.07, 6.45) is 7.25. The number of hydrogen-bond donors (Lipinski definition) is 2. The molecule has 3 aromatic rings. The Kier molecular flexibility index (Phi) is 4.33. The van der Waals surface area contributed by atoms with Gasteiger partial charge in [-0.25, -0.2) is 0 Å². The van der Waals surface area contributed by atoms with Gasteiger partial charge in [0.1, 0.15) is 11.3 Å². The quantitative estimate of drug-likeness (QED) is 0.737. The predicted octanol–water partition coefficient (Wildman–Crippen LogP) is 1.53. The first-order valence-corrected chi connectivity index (χ1v) is 8.57. The van der Waals surface area contributed by atoms with Crippen LogP contribution in [-0.2, 0) is 18.7 Å². The molecule has 7 heteroatoms. The van der Waals surface area contributed by atoms with Crippen LogP contribution in [0.4, 0.5) is 0 Å². The minimum Gasteiger partial charge on any atom is -0.382 e. The number of rotatable bonds is 5. The maximum absolute atomic E-state index is 10.9. The number of nitrogens with zero attached hydrogens (tertiary/aromatic N) is 5. The molecule has 1 atom stereocenters. The summed E-state index contributed by atoms with van der Waals surface area (Å²) in [4.78, 5) is 2.25. The third kappa shape index (κ3) is 3.62. The van der Waals surface area contributed by atoms with Crippen molar-refractivity contribution in [3.8, 4) is 0 Å². The van der Waals surface area contributed by atoms with E-state index < -0.39 is 5.60 Å². The van der Waals surface area contributed by atoms with Crippen molar-refractivity contribution in [3.63, 3.8) is 0 Å². The number of β-amino-alcohol motifs (C(OH)–C–C–N with tert-alkyl or cyclic N) is 1. The van der Waals surface area contributed by atoms with E-state index in [9.17, 15) is 5.11 Å². The van der Waals surface area contributed by atoms with Gasteiger partial charge in [-0.3, -0.25) is 9.58 Å². The van der Waals surface area contributed by atoms with Crippen molar-refractivity contribution in [2.24, 2.45) is 0 Å². The lowest BCUT2D eigenvalue weighted by molar-refractivity contribution is -0.0414. The second kappa shape index (κ2) is 6.78.